The molecule has 3 aromatic carbocycles. The third-order valence-corrected chi connectivity index (χ3v) is 6.05. The van der Waals surface area contributed by atoms with Crippen molar-refractivity contribution in [3.8, 4) is 28.5 Å². The molecule has 0 saturated carbocycles. The average Bonchev–Trinajstić information content (AvgIpc) is 3.26. The zero-order valence-electron chi connectivity index (χ0n) is 17.0. The van der Waals surface area contributed by atoms with E-state index in [0.29, 0.717) is 0 Å². The summed E-state index contributed by atoms with van der Waals surface area (Å²) in [7, 11) is 0. The lowest BCUT2D eigenvalue weighted by Gasteiger charge is -2.12. The summed E-state index contributed by atoms with van der Waals surface area (Å²) in [6.45, 7) is 0. The molecule has 0 N–H and O–H groups in total. The fourth-order valence-corrected chi connectivity index (χ4v) is 4.34. The van der Waals surface area contributed by atoms with Gasteiger partial charge in [-0.25, -0.2) is 9.97 Å². The fraction of sp³-hybridized carbons (Fsp3) is 0. The number of nitrogens with zero attached hydrogens (tertiary/aromatic N) is 4. The summed E-state index contributed by atoms with van der Waals surface area (Å²) in [5.74, 6) is 0.869. The van der Waals surface area contributed by atoms with E-state index < -0.39 is 0 Å². The van der Waals surface area contributed by atoms with Crippen molar-refractivity contribution in [1.82, 2.24) is 19.5 Å². The van der Waals surface area contributed by atoms with Crippen molar-refractivity contribution in [2.75, 3.05) is 0 Å². The topological polar surface area (TPSA) is 43.6 Å². The second-order valence-electron chi connectivity index (χ2n) is 7.50. The first kappa shape index (κ1) is 18.9. The number of hydrogen-bond donors (Lipinski definition) is 0. The third-order valence-electron chi connectivity index (χ3n) is 5.52. The molecule has 0 fully saturated rings. The summed E-state index contributed by atoms with van der Waals surface area (Å²) in [5.41, 5.74) is 6.47. The number of halogens is 1. The molecule has 6 aromatic rings. The predicted molar refractivity (Wildman–Crippen MR) is 133 cm³/mol. The number of fused-ring (bicyclic) bond motifs is 3. The second kappa shape index (κ2) is 7.70. The summed E-state index contributed by atoms with van der Waals surface area (Å²) < 4.78 is 3.23. The first-order chi connectivity index (χ1) is 15.8. The van der Waals surface area contributed by atoms with Crippen molar-refractivity contribution in [2.24, 2.45) is 0 Å². The zero-order valence-corrected chi connectivity index (χ0v) is 18.6. The van der Waals surface area contributed by atoms with E-state index in [2.05, 4.69) is 55.8 Å². The minimum Gasteiger partial charge on any atom is -0.290 e. The Balaban J connectivity index is 1.81. The van der Waals surface area contributed by atoms with Gasteiger partial charge in [0.15, 0.2) is 0 Å². The molecule has 0 atom stereocenters. The van der Waals surface area contributed by atoms with Gasteiger partial charge < -0.3 is 0 Å². The number of rotatable bonds is 3. The maximum Gasteiger partial charge on any atom is 0.145 e. The van der Waals surface area contributed by atoms with E-state index in [1.165, 1.54) is 0 Å². The van der Waals surface area contributed by atoms with Crippen LogP contribution in [-0.2, 0) is 0 Å². The number of benzene rings is 3. The van der Waals surface area contributed by atoms with Crippen molar-refractivity contribution < 1.29 is 0 Å². The number of aromatic nitrogens is 4. The van der Waals surface area contributed by atoms with Gasteiger partial charge in [-0.05, 0) is 42.5 Å². The van der Waals surface area contributed by atoms with Crippen molar-refractivity contribution in [3.05, 3.63) is 108 Å². The second-order valence-corrected chi connectivity index (χ2v) is 8.42. The highest BCUT2D eigenvalue weighted by Gasteiger charge is 2.22. The van der Waals surface area contributed by atoms with E-state index in [4.69, 9.17) is 9.97 Å². The maximum atomic E-state index is 5.18. The first-order valence-corrected chi connectivity index (χ1v) is 11.1. The van der Waals surface area contributed by atoms with E-state index in [1.54, 1.807) is 6.20 Å². The van der Waals surface area contributed by atoms with Crippen LogP contribution in [0.1, 0.15) is 0 Å². The molecule has 4 nitrogen and oxygen atoms in total. The molecule has 5 heteroatoms. The molecule has 0 amide bonds. The lowest BCUT2D eigenvalue weighted by molar-refractivity contribution is 1.10. The molecule has 0 unspecified atom stereocenters. The molecular formula is C27H17BrN4. The molecular weight excluding hydrogens is 460 g/mol. The van der Waals surface area contributed by atoms with E-state index in [-0.39, 0.29) is 0 Å². The molecule has 32 heavy (non-hydrogen) atoms. The Hall–Kier alpha value is -3.83. The predicted octanol–water partition coefficient (Wildman–Crippen LogP) is 7.07. The normalized spacial score (nSPS) is 11.3. The third kappa shape index (κ3) is 3.10. The summed E-state index contributed by atoms with van der Waals surface area (Å²) in [5, 5.41) is 1.02. The largest absolute Gasteiger partial charge is 0.290 e. The monoisotopic (exact) mass is 476 g/mol. The first-order valence-electron chi connectivity index (χ1n) is 10.3. The average molecular weight is 477 g/mol. The quantitative estimate of drug-likeness (QED) is 0.274. The zero-order chi connectivity index (χ0) is 21.5. The number of imidazole rings is 1. The summed E-state index contributed by atoms with van der Waals surface area (Å²) in [4.78, 5) is 14.9. The van der Waals surface area contributed by atoms with Crippen LogP contribution in [0.3, 0.4) is 0 Å². The molecule has 0 bridgehead atoms. The van der Waals surface area contributed by atoms with Crippen LogP contribution in [0.4, 0.5) is 0 Å². The highest BCUT2D eigenvalue weighted by atomic mass is 79.9. The van der Waals surface area contributed by atoms with Gasteiger partial charge in [0.1, 0.15) is 22.6 Å². The minimum atomic E-state index is 0.819. The van der Waals surface area contributed by atoms with Gasteiger partial charge in [-0.15, -0.1) is 0 Å². The minimum absolute atomic E-state index is 0.819. The van der Waals surface area contributed by atoms with Crippen LogP contribution in [0, 0.1) is 0 Å². The van der Waals surface area contributed by atoms with Crippen molar-refractivity contribution in [3.63, 3.8) is 0 Å². The van der Waals surface area contributed by atoms with Crippen molar-refractivity contribution >= 4 is 37.9 Å². The molecule has 0 saturated heterocycles. The van der Waals surface area contributed by atoms with Crippen LogP contribution < -0.4 is 0 Å². The van der Waals surface area contributed by atoms with Gasteiger partial charge in [-0.1, -0.05) is 70.5 Å². The smallest absolute Gasteiger partial charge is 0.145 e. The van der Waals surface area contributed by atoms with Gasteiger partial charge in [-0.2, -0.15) is 0 Å². The number of pyridine rings is 2. The Bertz CT molecular complexity index is 1560. The summed E-state index contributed by atoms with van der Waals surface area (Å²) >= 11 is 3.55. The summed E-state index contributed by atoms with van der Waals surface area (Å²) in [6.07, 6.45) is 1.80. The Morgan fingerprint density at radius 2 is 1.44 bits per heavy atom. The van der Waals surface area contributed by atoms with E-state index in [1.807, 2.05) is 66.7 Å². The van der Waals surface area contributed by atoms with Crippen molar-refractivity contribution in [1.29, 1.82) is 0 Å². The highest BCUT2D eigenvalue weighted by Crippen LogP contribution is 2.37. The van der Waals surface area contributed by atoms with Crippen LogP contribution >= 0.6 is 15.9 Å². The SMILES string of the molecule is Brc1ccc(-c2nc3c4ccccc4nc(-c4ccccn4)c3n2-c2ccccc2)cc1. The Labute approximate surface area is 193 Å². The lowest BCUT2D eigenvalue weighted by atomic mass is 10.1. The van der Waals surface area contributed by atoms with Gasteiger partial charge in [-0.3, -0.25) is 9.55 Å². The van der Waals surface area contributed by atoms with Gasteiger partial charge in [0.2, 0.25) is 0 Å². The molecule has 6 rings (SSSR count). The van der Waals surface area contributed by atoms with Gasteiger partial charge in [0, 0.05) is 27.3 Å². The highest BCUT2D eigenvalue weighted by molar-refractivity contribution is 9.10. The maximum absolute atomic E-state index is 5.18. The van der Waals surface area contributed by atoms with Gasteiger partial charge in [0.25, 0.3) is 0 Å². The molecule has 0 spiro atoms. The van der Waals surface area contributed by atoms with Crippen molar-refractivity contribution in [2.45, 2.75) is 0 Å². The molecule has 0 aliphatic heterocycles. The number of hydrogen-bond acceptors (Lipinski definition) is 3. The standard InChI is InChI=1S/C27H17BrN4/c28-19-15-13-18(14-16-19)27-31-24-21-10-4-5-11-22(21)30-25(23-12-6-7-17-29-23)26(24)32(27)20-8-2-1-3-9-20/h1-17H. The van der Waals surface area contributed by atoms with E-state index in [9.17, 15) is 0 Å². The molecule has 0 aliphatic rings. The van der Waals surface area contributed by atoms with Crippen LogP contribution in [0.15, 0.2) is 108 Å². The lowest BCUT2D eigenvalue weighted by Crippen LogP contribution is -2.00. The van der Waals surface area contributed by atoms with Gasteiger partial charge in [0.05, 0.1) is 11.2 Å². The summed E-state index contributed by atoms with van der Waals surface area (Å²) in [6, 6.07) is 32.6. The molecule has 3 aromatic heterocycles. The molecule has 3 heterocycles. The van der Waals surface area contributed by atoms with Crippen LogP contribution in [0.2, 0.25) is 0 Å². The van der Waals surface area contributed by atoms with Crippen LogP contribution in [0.5, 0.6) is 0 Å². The number of para-hydroxylation sites is 2. The van der Waals surface area contributed by atoms with Crippen LogP contribution in [0.25, 0.3) is 50.4 Å². The molecule has 0 radical (unpaired) electrons. The van der Waals surface area contributed by atoms with E-state index in [0.717, 1.165) is 54.9 Å². The Morgan fingerprint density at radius 3 is 2.22 bits per heavy atom. The van der Waals surface area contributed by atoms with Crippen LogP contribution in [-0.4, -0.2) is 19.5 Å². The van der Waals surface area contributed by atoms with E-state index >= 15 is 0 Å². The Morgan fingerprint density at radius 1 is 0.688 bits per heavy atom. The fourth-order valence-electron chi connectivity index (χ4n) is 4.07. The molecule has 152 valence electrons. The van der Waals surface area contributed by atoms with Gasteiger partial charge >= 0.3 is 0 Å². The molecule has 0 aliphatic carbocycles. The Kier molecular flexibility index (Phi) is 4.55.